The number of phenolic OH excluding ortho intramolecular Hbond substituents is 1. The number of hydrogen-bond donors (Lipinski definition) is 2. The number of rotatable bonds is 4. The summed E-state index contributed by atoms with van der Waals surface area (Å²) >= 11 is 0. The van der Waals surface area contributed by atoms with Gasteiger partial charge in [-0.05, 0) is 17.7 Å². The van der Waals surface area contributed by atoms with E-state index in [1.165, 1.54) is 0 Å². The average molecular weight is 165 g/mol. The molecule has 1 aromatic carbocycles. The summed E-state index contributed by atoms with van der Waals surface area (Å²) in [5, 5.41) is 12.0. The Labute approximate surface area is 71.0 Å². The molecule has 0 fully saturated rings. The van der Waals surface area contributed by atoms with E-state index < -0.39 is 0 Å². The fraction of sp³-hybridized carbons (Fsp3) is 0.222. The summed E-state index contributed by atoms with van der Waals surface area (Å²) in [5.74, 6) is 0.250. The number of phenols is 1. The van der Waals surface area contributed by atoms with E-state index in [2.05, 4.69) is 5.32 Å². The summed E-state index contributed by atoms with van der Waals surface area (Å²) in [6.45, 7) is 0.947. The van der Waals surface area contributed by atoms with Crippen LogP contribution in [0.5, 0.6) is 5.75 Å². The molecule has 0 aromatic heterocycles. The topological polar surface area (TPSA) is 49.3 Å². The van der Waals surface area contributed by atoms with Gasteiger partial charge in [-0.2, -0.15) is 0 Å². The van der Waals surface area contributed by atoms with E-state index >= 15 is 0 Å². The number of benzene rings is 1. The first kappa shape index (κ1) is 8.74. The van der Waals surface area contributed by atoms with Gasteiger partial charge < -0.3 is 15.2 Å². The second-order valence-corrected chi connectivity index (χ2v) is 2.47. The first-order chi connectivity index (χ1) is 5.83. The van der Waals surface area contributed by atoms with Crippen molar-refractivity contribution in [3.8, 4) is 5.75 Å². The van der Waals surface area contributed by atoms with E-state index in [9.17, 15) is 4.79 Å². The first-order valence-electron chi connectivity index (χ1n) is 3.75. The van der Waals surface area contributed by atoms with Gasteiger partial charge >= 0.3 is 0 Å². The maximum absolute atomic E-state index is 9.95. The molecule has 0 aliphatic rings. The highest BCUT2D eigenvalue weighted by atomic mass is 16.3. The molecule has 3 heteroatoms. The predicted octanol–water partition coefficient (Wildman–Crippen LogP) is 0.681. The van der Waals surface area contributed by atoms with E-state index in [1.54, 1.807) is 18.2 Å². The molecule has 0 heterocycles. The smallest absolute Gasteiger partial charge is 0.133 e. The van der Waals surface area contributed by atoms with E-state index in [-0.39, 0.29) is 5.75 Å². The summed E-state index contributed by atoms with van der Waals surface area (Å²) in [4.78, 5) is 9.95. The van der Waals surface area contributed by atoms with Crippen molar-refractivity contribution in [2.24, 2.45) is 0 Å². The van der Waals surface area contributed by atoms with Crippen LogP contribution in [0.1, 0.15) is 5.56 Å². The molecule has 0 saturated heterocycles. The summed E-state index contributed by atoms with van der Waals surface area (Å²) in [6.07, 6.45) is 0.808. The van der Waals surface area contributed by atoms with Crippen LogP contribution in [-0.2, 0) is 11.3 Å². The second-order valence-electron chi connectivity index (χ2n) is 2.47. The van der Waals surface area contributed by atoms with E-state index in [4.69, 9.17) is 5.11 Å². The number of aromatic hydroxyl groups is 1. The normalized spacial score (nSPS) is 9.67. The van der Waals surface area contributed by atoms with Crippen LogP contribution in [0.3, 0.4) is 0 Å². The number of hydrogen-bond acceptors (Lipinski definition) is 3. The minimum atomic E-state index is 0.250. The van der Waals surface area contributed by atoms with Crippen LogP contribution in [-0.4, -0.2) is 17.9 Å². The third-order valence-electron chi connectivity index (χ3n) is 1.47. The fourth-order valence-electron chi connectivity index (χ4n) is 0.942. The van der Waals surface area contributed by atoms with Crippen LogP contribution in [0.2, 0.25) is 0 Å². The maximum Gasteiger partial charge on any atom is 0.133 e. The van der Waals surface area contributed by atoms with Crippen LogP contribution in [0.15, 0.2) is 24.3 Å². The highest BCUT2D eigenvalue weighted by Gasteiger charge is 1.92. The molecule has 0 saturated carbocycles. The lowest BCUT2D eigenvalue weighted by atomic mass is 10.2. The quantitative estimate of drug-likeness (QED) is 0.509. The average Bonchev–Trinajstić information content (AvgIpc) is 2.05. The Morgan fingerprint density at radius 2 is 2.33 bits per heavy atom. The van der Waals surface area contributed by atoms with E-state index in [1.807, 2.05) is 6.07 Å². The van der Waals surface area contributed by atoms with Gasteiger partial charge in [-0.15, -0.1) is 0 Å². The van der Waals surface area contributed by atoms with Crippen LogP contribution < -0.4 is 5.32 Å². The van der Waals surface area contributed by atoms with Crippen LogP contribution in [0, 0.1) is 0 Å². The first-order valence-corrected chi connectivity index (χ1v) is 3.75. The Morgan fingerprint density at radius 1 is 1.50 bits per heavy atom. The van der Waals surface area contributed by atoms with Gasteiger partial charge in [0.05, 0.1) is 6.54 Å². The van der Waals surface area contributed by atoms with E-state index in [0.29, 0.717) is 13.1 Å². The molecule has 1 aromatic rings. The lowest BCUT2D eigenvalue weighted by Gasteiger charge is -2.00. The molecule has 0 radical (unpaired) electrons. The Balaban J connectivity index is 2.46. The number of nitrogens with one attached hydrogen (secondary N) is 1. The lowest BCUT2D eigenvalue weighted by molar-refractivity contribution is -0.107. The number of carbonyl (C=O) groups is 1. The molecule has 0 amide bonds. The Kier molecular flexibility index (Phi) is 3.29. The van der Waals surface area contributed by atoms with Crippen molar-refractivity contribution in [2.45, 2.75) is 6.54 Å². The molecular formula is C9H11NO2. The van der Waals surface area contributed by atoms with Gasteiger partial charge in [-0.25, -0.2) is 0 Å². The fourth-order valence-corrected chi connectivity index (χ4v) is 0.942. The maximum atomic E-state index is 9.95. The number of carbonyl (C=O) groups excluding carboxylic acids is 1. The minimum absolute atomic E-state index is 0.250. The van der Waals surface area contributed by atoms with Crippen molar-refractivity contribution < 1.29 is 9.90 Å². The second kappa shape index (κ2) is 4.51. The molecule has 0 bridgehead atoms. The molecule has 0 aliphatic heterocycles. The molecule has 0 aliphatic carbocycles. The Hall–Kier alpha value is -1.35. The van der Waals surface area contributed by atoms with Gasteiger partial charge in [0.25, 0.3) is 0 Å². The molecule has 0 unspecified atom stereocenters. The monoisotopic (exact) mass is 165 g/mol. The number of aldehydes is 1. The van der Waals surface area contributed by atoms with Gasteiger partial charge in [0, 0.05) is 6.54 Å². The van der Waals surface area contributed by atoms with E-state index in [0.717, 1.165) is 11.8 Å². The van der Waals surface area contributed by atoms with Crippen LogP contribution >= 0.6 is 0 Å². The molecule has 2 N–H and O–H groups in total. The van der Waals surface area contributed by atoms with Crippen molar-refractivity contribution in [2.75, 3.05) is 6.54 Å². The SMILES string of the molecule is O=CCNCc1cccc(O)c1. The van der Waals surface area contributed by atoms with Gasteiger partial charge in [0.2, 0.25) is 0 Å². The zero-order valence-corrected chi connectivity index (χ0v) is 6.66. The van der Waals surface area contributed by atoms with Crippen LogP contribution in [0.25, 0.3) is 0 Å². The molecule has 0 spiro atoms. The van der Waals surface area contributed by atoms with Crippen molar-refractivity contribution in [3.05, 3.63) is 29.8 Å². The Bertz CT molecular complexity index is 260. The van der Waals surface area contributed by atoms with Crippen LogP contribution in [0.4, 0.5) is 0 Å². The molecule has 1 rings (SSSR count). The summed E-state index contributed by atoms with van der Waals surface area (Å²) in [6, 6.07) is 6.94. The van der Waals surface area contributed by atoms with Gasteiger partial charge in [-0.1, -0.05) is 12.1 Å². The van der Waals surface area contributed by atoms with Gasteiger partial charge in [-0.3, -0.25) is 0 Å². The molecule has 12 heavy (non-hydrogen) atoms. The Morgan fingerprint density at radius 3 is 3.00 bits per heavy atom. The van der Waals surface area contributed by atoms with Gasteiger partial charge in [0.1, 0.15) is 12.0 Å². The third-order valence-corrected chi connectivity index (χ3v) is 1.47. The highest BCUT2D eigenvalue weighted by molar-refractivity contribution is 5.51. The largest absolute Gasteiger partial charge is 0.508 e. The van der Waals surface area contributed by atoms with Gasteiger partial charge in [0.15, 0.2) is 0 Å². The molecule has 3 nitrogen and oxygen atoms in total. The summed E-state index contributed by atoms with van der Waals surface area (Å²) < 4.78 is 0. The van der Waals surface area contributed by atoms with Crippen molar-refractivity contribution in [1.82, 2.24) is 5.32 Å². The third kappa shape index (κ3) is 2.72. The van der Waals surface area contributed by atoms with Crippen molar-refractivity contribution >= 4 is 6.29 Å². The minimum Gasteiger partial charge on any atom is -0.508 e. The standard InChI is InChI=1S/C9H11NO2/c11-5-4-10-7-8-2-1-3-9(12)6-8/h1-3,5-6,10,12H,4,7H2. The highest BCUT2D eigenvalue weighted by Crippen LogP contribution is 2.09. The zero-order valence-electron chi connectivity index (χ0n) is 6.66. The summed E-state index contributed by atoms with van der Waals surface area (Å²) in [7, 11) is 0. The summed E-state index contributed by atoms with van der Waals surface area (Å²) in [5.41, 5.74) is 0.969. The van der Waals surface area contributed by atoms with Crippen molar-refractivity contribution in [3.63, 3.8) is 0 Å². The van der Waals surface area contributed by atoms with Crippen molar-refractivity contribution in [1.29, 1.82) is 0 Å². The zero-order chi connectivity index (χ0) is 8.81. The molecule has 64 valence electrons. The predicted molar refractivity (Wildman–Crippen MR) is 45.9 cm³/mol. The molecule has 0 atom stereocenters. The lowest BCUT2D eigenvalue weighted by Crippen LogP contribution is -2.15. The molecular weight excluding hydrogens is 154 g/mol.